The molecular formula is C19H27N5O4S2. The maximum atomic E-state index is 12.3. The Balaban J connectivity index is 1.43. The number of hydrogen-bond donors (Lipinski definition) is 2. The molecule has 0 aliphatic carbocycles. The van der Waals surface area contributed by atoms with Crippen molar-refractivity contribution in [2.45, 2.75) is 25.8 Å². The van der Waals surface area contributed by atoms with Crippen LogP contribution >= 0.6 is 11.3 Å². The van der Waals surface area contributed by atoms with Crippen LogP contribution in [0.1, 0.15) is 18.4 Å². The molecule has 2 N–H and O–H groups in total. The molecule has 9 nitrogen and oxygen atoms in total. The minimum atomic E-state index is -3.16. The van der Waals surface area contributed by atoms with Gasteiger partial charge >= 0.3 is 0 Å². The highest BCUT2D eigenvalue weighted by Gasteiger charge is 2.25. The van der Waals surface area contributed by atoms with Crippen molar-refractivity contribution in [2.24, 2.45) is 0 Å². The third kappa shape index (κ3) is 5.97. The van der Waals surface area contributed by atoms with Gasteiger partial charge in [0.15, 0.2) is 5.13 Å². The molecule has 2 heterocycles. The Bertz CT molecular complexity index is 1030. The Morgan fingerprint density at radius 2 is 2.00 bits per heavy atom. The van der Waals surface area contributed by atoms with Gasteiger partial charge in [0.1, 0.15) is 0 Å². The monoisotopic (exact) mass is 453 g/mol. The second-order valence-electron chi connectivity index (χ2n) is 7.61. The lowest BCUT2D eigenvalue weighted by Crippen LogP contribution is -2.47. The number of carbonyl (C=O) groups excluding carboxylic acids is 2. The first kappa shape index (κ1) is 22.6. The Kier molecular flexibility index (Phi) is 7.06. The molecular weight excluding hydrogens is 426 g/mol. The number of likely N-dealkylation sites (N-methyl/N-ethyl adjacent to an activating group) is 1. The zero-order chi connectivity index (χ0) is 21.9. The molecule has 3 rings (SSSR count). The van der Waals surface area contributed by atoms with Gasteiger partial charge in [-0.05, 0) is 37.5 Å². The van der Waals surface area contributed by atoms with E-state index in [4.69, 9.17) is 0 Å². The summed E-state index contributed by atoms with van der Waals surface area (Å²) in [5.74, 6) is -0.501. The van der Waals surface area contributed by atoms with E-state index < -0.39 is 10.0 Å². The van der Waals surface area contributed by atoms with E-state index in [1.807, 2.05) is 25.1 Å². The molecule has 2 aromatic rings. The van der Waals surface area contributed by atoms with Crippen LogP contribution in [-0.2, 0) is 19.6 Å². The second-order valence-corrected chi connectivity index (χ2v) is 10.6. The van der Waals surface area contributed by atoms with Gasteiger partial charge in [-0.2, -0.15) is 0 Å². The van der Waals surface area contributed by atoms with Crippen LogP contribution in [0.2, 0.25) is 0 Å². The summed E-state index contributed by atoms with van der Waals surface area (Å²) in [7, 11) is -1.58. The van der Waals surface area contributed by atoms with E-state index in [2.05, 4.69) is 15.6 Å². The molecule has 1 aromatic carbocycles. The quantitative estimate of drug-likeness (QED) is 0.647. The van der Waals surface area contributed by atoms with Gasteiger partial charge in [0.05, 0.1) is 29.6 Å². The van der Waals surface area contributed by atoms with Crippen LogP contribution in [0.5, 0.6) is 0 Å². The van der Waals surface area contributed by atoms with Crippen LogP contribution in [-0.4, -0.2) is 79.9 Å². The van der Waals surface area contributed by atoms with E-state index in [1.165, 1.54) is 26.8 Å². The maximum Gasteiger partial charge on any atom is 0.245 e. The number of anilines is 1. The number of sulfonamides is 1. The number of aromatic nitrogens is 1. The first-order chi connectivity index (χ1) is 14.1. The van der Waals surface area contributed by atoms with Gasteiger partial charge < -0.3 is 15.5 Å². The first-order valence-corrected chi connectivity index (χ1v) is 12.4. The maximum absolute atomic E-state index is 12.3. The largest absolute Gasteiger partial charge is 0.335 e. The number of aryl methyl sites for hydroxylation is 1. The zero-order valence-electron chi connectivity index (χ0n) is 17.3. The van der Waals surface area contributed by atoms with Gasteiger partial charge in [0.25, 0.3) is 0 Å². The fourth-order valence-corrected chi connectivity index (χ4v) is 5.16. The fraction of sp³-hybridized carbons (Fsp3) is 0.526. The lowest BCUT2D eigenvalue weighted by molar-refractivity contribution is -0.132. The Labute approximate surface area is 180 Å². The Morgan fingerprint density at radius 3 is 2.67 bits per heavy atom. The summed E-state index contributed by atoms with van der Waals surface area (Å²) >= 11 is 1.40. The van der Waals surface area contributed by atoms with Crippen LogP contribution in [0.4, 0.5) is 5.13 Å². The normalized spacial score (nSPS) is 16.0. The molecule has 11 heteroatoms. The number of nitrogens with one attached hydrogen (secondary N) is 2. The number of amides is 2. The number of nitrogens with zero attached hydrogens (tertiary/aromatic N) is 3. The standard InChI is InChI=1S/C19H27N5O4S2/c1-13-4-5-15-16(10-13)29-19(21-15)22-17(25)12-23(2)18(26)11-20-14-6-8-24(9-7-14)30(3,27)28/h4-5,10,14,20H,6-9,11-12H2,1-3H3,(H,21,22,25). The summed E-state index contributed by atoms with van der Waals surface area (Å²) in [6.45, 7) is 2.94. The van der Waals surface area contributed by atoms with Crippen molar-refractivity contribution in [1.29, 1.82) is 0 Å². The molecule has 0 radical (unpaired) electrons. The third-order valence-electron chi connectivity index (χ3n) is 5.06. The Morgan fingerprint density at radius 1 is 1.30 bits per heavy atom. The van der Waals surface area contributed by atoms with Crippen LogP contribution in [0.25, 0.3) is 10.2 Å². The van der Waals surface area contributed by atoms with Gasteiger partial charge in [-0.1, -0.05) is 17.4 Å². The highest BCUT2D eigenvalue weighted by atomic mass is 32.2. The van der Waals surface area contributed by atoms with Crippen LogP contribution in [0, 0.1) is 6.92 Å². The molecule has 0 atom stereocenters. The van der Waals surface area contributed by atoms with Crippen molar-refractivity contribution >= 4 is 48.5 Å². The highest BCUT2D eigenvalue weighted by molar-refractivity contribution is 7.88. The molecule has 30 heavy (non-hydrogen) atoms. The lowest BCUT2D eigenvalue weighted by atomic mass is 10.1. The molecule has 0 bridgehead atoms. The predicted octanol–water partition coefficient (Wildman–Crippen LogP) is 1.02. The molecule has 0 saturated carbocycles. The third-order valence-corrected chi connectivity index (χ3v) is 7.30. The van der Waals surface area contributed by atoms with E-state index in [0.29, 0.717) is 31.1 Å². The van der Waals surface area contributed by atoms with Crippen LogP contribution in [0.15, 0.2) is 18.2 Å². The second kappa shape index (κ2) is 9.38. The number of benzene rings is 1. The van der Waals surface area contributed by atoms with E-state index >= 15 is 0 Å². The predicted molar refractivity (Wildman–Crippen MR) is 118 cm³/mol. The summed E-state index contributed by atoms with van der Waals surface area (Å²) in [5.41, 5.74) is 1.96. The van der Waals surface area contributed by atoms with Crippen molar-refractivity contribution in [2.75, 3.05) is 44.8 Å². The SMILES string of the molecule is Cc1ccc2nc(NC(=O)CN(C)C(=O)CNC3CCN(S(C)(=O)=O)CC3)sc2c1. The average Bonchev–Trinajstić information content (AvgIpc) is 3.06. The number of piperidine rings is 1. The van der Waals surface area contributed by atoms with Gasteiger partial charge in [0, 0.05) is 26.2 Å². The highest BCUT2D eigenvalue weighted by Crippen LogP contribution is 2.26. The van der Waals surface area contributed by atoms with Crippen molar-refractivity contribution in [1.82, 2.24) is 19.5 Å². The van der Waals surface area contributed by atoms with Crippen molar-refractivity contribution < 1.29 is 18.0 Å². The molecule has 164 valence electrons. The summed E-state index contributed by atoms with van der Waals surface area (Å²) in [6.07, 6.45) is 2.52. The van der Waals surface area contributed by atoms with E-state index in [9.17, 15) is 18.0 Å². The fourth-order valence-electron chi connectivity index (χ4n) is 3.31. The molecule has 1 fully saturated rings. The molecule has 1 saturated heterocycles. The van der Waals surface area contributed by atoms with Crippen molar-refractivity contribution in [3.63, 3.8) is 0 Å². The summed E-state index contributed by atoms with van der Waals surface area (Å²) in [6, 6.07) is 5.99. The zero-order valence-corrected chi connectivity index (χ0v) is 19.0. The molecule has 1 aromatic heterocycles. The molecule has 0 spiro atoms. The smallest absolute Gasteiger partial charge is 0.245 e. The van der Waals surface area contributed by atoms with Crippen molar-refractivity contribution in [3.05, 3.63) is 23.8 Å². The number of hydrogen-bond acceptors (Lipinski definition) is 7. The van der Waals surface area contributed by atoms with E-state index in [0.717, 1.165) is 15.8 Å². The van der Waals surface area contributed by atoms with E-state index in [1.54, 1.807) is 7.05 Å². The van der Waals surface area contributed by atoms with Crippen LogP contribution < -0.4 is 10.6 Å². The number of thiazole rings is 1. The molecule has 0 unspecified atom stereocenters. The van der Waals surface area contributed by atoms with Crippen LogP contribution in [0.3, 0.4) is 0 Å². The van der Waals surface area contributed by atoms with E-state index in [-0.39, 0.29) is 30.9 Å². The number of carbonyl (C=O) groups is 2. The lowest BCUT2D eigenvalue weighted by Gasteiger charge is -2.31. The van der Waals surface area contributed by atoms with Gasteiger partial charge in [-0.25, -0.2) is 17.7 Å². The minimum Gasteiger partial charge on any atom is -0.335 e. The van der Waals surface area contributed by atoms with Gasteiger partial charge in [-0.15, -0.1) is 0 Å². The summed E-state index contributed by atoms with van der Waals surface area (Å²) < 4.78 is 25.6. The molecule has 1 aliphatic rings. The van der Waals surface area contributed by atoms with Crippen molar-refractivity contribution in [3.8, 4) is 0 Å². The summed E-state index contributed by atoms with van der Waals surface area (Å²) in [4.78, 5) is 30.4. The average molecular weight is 454 g/mol. The summed E-state index contributed by atoms with van der Waals surface area (Å²) in [5, 5.41) is 6.43. The Hall–Kier alpha value is -2.08. The number of rotatable bonds is 7. The molecule has 1 aliphatic heterocycles. The topological polar surface area (TPSA) is 112 Å². The van der Waals surface area contributed by atoms with Gasteiger partial charge in [-0.3, -0.25) is 9.59 Å². The molecule has 2 amide bonds. The first-order valence-electron chi connectivity index (χ1n) is 9.71. The number of fused-ring (bicyclic) bond motifs is 1. The van der Waals surface area contributed by atoms with Gasteiger partial charge in [0.2, 0.25) is 21.8 Å². The minimum absolute atomic E-state index is 0.0675.